The Morgan fingerprint density at radius 1 is 0.417 bits per heavy atom. The number of aldehydes is 2. The van der Waals surface area contributed by atoms with Crippen molar-refractivity contribution in [3.63, 3.8) is 0 Å². The number of carbonyl (C=O) groups is 2. The third kappa shape index (κ3) is 8.63. The molecule has 0 radical (unpaired) electrons. The third-order valence-electron chi connectivity index (χ3n) is 5.02. The summed E-state index contributed by atoms with van der Waals surface area (Å²) in [4.78, 5) is 21.7. The van der Waals surface area contributed by atoms with Gasteiger partial charge in [0.05, 0.1) is 0 Å². The highest BCUT2D eigenvalue weighted by atomic mass is 16.1. The van der Waals surface area contributed by atoms with Crippen LogP contribution in [0.4, 0.5) is 0 Å². The molecule has 2 heteroatoms. The fourth-order valence-electron chi connectivity index (χ4n) is 3.42. The molecule has 0 atom stereocenters. The van der Waals surface area contributed by atoms with Crippen LogP contribution in [0, 0.1) is 0 Å². The number of rotatable bonds is 6. The van der Waals surface area contributed by atoms with E-state index in [2.05, 4.69) is 60.7 Å². The molecule has 4 aromatic carbocycles. The van der Waals surface area contributed by atoms with Crippen LogP contribution in [0.15, 0.2) is 84.9 Å². The summed E-state index contributed by atoms with van der Waals surface area (Å²) in [6, 6.07) is 27.6. The number of benzene rings is 4. The highest BCUT2D eigenvalue weighted by Gasteiger charge is 2.03. The Hall–Kier alpha value is -4.04. The molecule has 0 saturated carbocycles. The van der Waals surface area contributed by atoms with Gasteiger partial charge in [-0.1, -0.05) is 151 Å². The molecule has 0 unspecified atom stereocenters. The molecule has 0 amide bonds. The largest absolute Gasteiger partial charge is 0.298 e. The first-order valence-corrected chi connectivity index (χ1v) is 12.8. The van der Waals surface area contributed by atoms with Crippen LogP contribution in [0.1, 0.15) is 84.5 Å². The minimum atomic E-state index is 0.672. The van der Waals surface area contributed by atoms with Crippen LogP contribution in [0.25, 0.3) is 35.1 Å². The van der Waals surface area contributed by atoms with Crippen molar-refractivity contribution in [3.8, 4) is 0 Å². The summed E-state index contributed by atoms with van der Waals surface area (Å²) in [7, 11) is 0. The van der Waals surface area contributed by atoms with Gasteiger partial charge in [0, 0.05) is 11.1 Å². The van der Waals surface area contributed by atoms with Gasteiger partial charge >= 0.3 is 0 Å². The first-order chi connectivity index (χ1) is 17.8. The molecule has 0 aromatic heterocycles. The minimum absolute atomic E-state index is 0.672. The van der Waals surface area contributed by atoms with E-state index in [0.29, 0.717) is 11.1 Å². The van der Waals surface area contributed by atoms with Gasteiger partial charge in [-0.25, -0.2) is 0 Å². The number of fused-ring (bicyclic) bond motifs is 1. The Bertz CT molecular complexity index is 1150. The van der Waals surface area contributed by atoms with E-state index in [1.54, 1.807) is 0 Å². The van der Waals surface area contributed by atoms with Crippen molar-refractivity contribution in [1.29, 1.82) is 0 Å². The fourth-order valence-corrected chi connectivity index (χ4v) is 3.42. The summed E-state index contributed by atoms with van der Waals surface area (Å²) in [6.45, 7) is 12.0. The van der Waals surface area contributed by atoms with Gasteiger partial charge in [-0.05, 0) is 33.0 Å². The Balaban J connectivity index is 0.00000101. The van der Waals surface area contributed by atoms with E-state index in [0.717, 1.165) is 34.8 Å². The number of hydrogen-bond acceptors (Lipinski definition) is 2. The van der Waals surface area contributed by atoms with Gasteiger partial charge in [-0.2, -0.15) is 0 Å². The molecular formula is C34H38O2. The smallest absolute Gasteiger partial charge is 0.150 e. The van der Waals surface area contributed by atoms with E-state index in [4.69, 9.17) is 0 Å². The summed E-state index contributed by atoms with van der Waals surface area (Å²) in [5.41, 5.74) is 5.69. The molecule has 0 bridgehead atoms. The molecule has 4 aromatic rings. The maximum atomic E-state index is 10.8. The maximum absolute atomic E-state index is 10.8. The molecule has 4 rings (SSSR count). The van der Waals surface area contributed by atoms with Crippen LogP contribution in [0.3, 0.4) is 0 Å². The Morgan fingerprint density at radius 3 is 1.08 bits per heavy atom. The van der Waals surface area contributed by atoms with Gasteiger partial charge in [0.15, 0.2) is 0 Å². The lowest BCUT2D eigenvalue weighted by molar-refractivity contribution is 0.111. The van der Waals surface area contributed by atoms with Crippen LogP contribution in [0.5, 0.6) is 0 Å². The highest BCUT2D eigenvalue weighted by Crippen LogP contribution is 2.26. The quantitative estimate of drug-likeness (QED) is 0.204. The van der Waals surface area contributed by atoms with Crippen molar-refractivity contribution in [2.45, 2.75) is 41.5 Å². The summed E-state index contributed by atoms with van der Waals surface area (Å²) >= 11 is 0. The summed E-state index contributed by atoms with van der Waals surface area (Å²) < 4.78 is 0. The Kier molecular flexibility index (Phi) is 14.5. The van der Waals surface area contributed by atoms with Crippen LogP contribution in [-0.2, 0) is 0 Å². The Labute approximate surface area is 217 Å². The average molecular weight is 479 g/mol. The predicted molar refractivity (Wildman–Crippen MR) is 160 cm³/mol. The van der Waals surface area contributed by atoms with E-state index >= 15 is 0 Å². The van der Waals surface area contributed by atoms with Crippen molar-refractivity contribution >= 4 is 47.6 Å². The van der Waals surface area contributed by atoms with E-state index in [1.165, 1.54) is 10.8 Å². The molecule has 0 saturated heterocycles. The average Bonchev–Trinajstić information content (AvgIpc) is 2.98. The van der Waals surface area contributed by atoms with Gasteiger partial charge < -0.3 is 0 Å². The van der Waals surface area contributed by atoms with Gasteiger partial charge in [0.25, 0.3) is 0 Å². The summed E-state index contributed by atoms with van der Waals surface area (Å²) in [5, 5.41) is 2.36. The summed E-state index contributed by atoms with van der Waals surface area (Å²) in [5.74, 6) is 0. The molecule has 0 fully saturated rings. The molecule has 0 heterocycles. The zero-order valence-corrected chi connectivity index (χ0v) is 22.4. The van der Waals surface area contributed by atoms with Crippen molar-refractivity contribution in [1.82, 2.24) is 0 Å². The molecule has 36 heavy (non-hydrogen) atoms. The standard InChI is InChI=1S/C28H20O2.3C2H6/c29-19-23-11-7-21(8-12-23)15-17-26-5-1-3-25-4-2-6-27(28(25)26)18-16-22-9-13-24(20-30)14-10-22;3*1-2/h1-20H;3*1-2H3. The first-order valence-electron chi connectivity index (χ1n) is 12.8. The van der Waals surface area contributed by atoms with Crippen LogP contribution < -0.4 is 0 Å². The molecule has 0 aliphatic carbocycles. The normalized spacial score (nSPS) is 9.94. The molecule has 0 aliphatic heterocycles. The highest BCUT2D eigenvalue weighted by molar-refractivity contribution is 6.00. The first kappa shape index (κ1) is 30.0. The lowest BCUT2D eigenvalue weighted by Gasteiger charge is -2.07. The van der Waals surface area contributed by atoms with Crippen LogP contribution in [0.2, 0.25) is 0 Å². The van der Waals surface area contributed by atoms with E-state index in [1.807, 2.05) is 90.1 Å². The second-order valence-corrected chi connectivity index (χ2v) is 7.03. The Morgan fingerprint density at radius 2 is 0.750 bits per heavy atom. The molecule has 0 aliphatic rings. The SMILES string of the molecule is CC.CC.CC.O=Cc1ccc(C=Cc2cccc3cccc(C=Cc4ccc(C=O)cc4)c23)cc1. The van der Waals surface area contributed by atoms with Crippen molar-refractivity contribution in [2.24, 2.45) is 0 Å². The van der Waals surface area contributed by atoms with Gasteiger partial charge in [-0.15, -0.1) is 0 Å². The predicted octanol–water partition coefficient (Wildman–Crippen LogP) is 9.88. The van der Waals surface area contributed by atoms with Crippen LogP contribution >= 0.6 is 0 Å². The van der Waals surface area contributed by atoms with Crippen molar-refractivity contribution in [2.75, 3.05) is 0 Å². The zero-order valence-electron chi connectivity index (χ0n) is 22.4. The molecule has 0 spiro atoms. The second kappa shape index (κ2) is 17.4. The molecular weight excluding hydrogens is 440 g/mol. The van der Waals surface area contributed by atoms with E-state index in [9.17, 15) is 9.59 Å². The second-order valence-electron chi connectivity index (χ2n) is 7.03. The van der Waals surface area contributed by atoms with Gasteiger partial charge in [-0.3, -0.25) is 9.59 Å². The zero-order chi connectivity index (χ0) is 26.8. The fraction of sp³-hybridized carbons (Fsp3) is 0.176. The lowest BCUT2D eigenvalue weighted by atomic mass is 9.97. The maximum Gasteiger partial charge on any atom is 0.150 e. The lowest BCUT2D eigenvalue weighted by Crippen LogP contribution is -1.84. The van der Waals surface area contributed by atoms with Crippen molar-refractivity contribution < 1.29 is 9.59 Å². The van der Waals surface area contributed by atoms with E-state index < -0.39 is 0 Å². The van der Waals surface area contributed by atoms with Crippen molar-refractivity contribution in [3.05, 3.63) is 118 Å². The topological polar surface area (TPSA) is 34.1 Å². The molecule has 186 valence electrons. The van der Waals surface area contributed by atoms with E-state index in [-0.39, 0.29) is 0 Å². The number of carbonyl (C=O) groups excluding carboxylic acids is 2. The number of hydrogen-bond donors (Lipinski definition) is 0. The summed E-state index contributed by atoms with van der Waals surface area (Å²) in [6.07, 6.45) is 10.0. The van der Waals surface area contributed by atoms with Gasteiger partial charge in [0.1, 0.15) is 12.6 Å². The molecule has 0 N–H and O–H groups in total. The van der Waals surface area contributed by atoms with Crippen LogP contribution in [-0.4, -0.2) is 12.6 Å². The third-order valence-corrected chi connectivity index (χ3v) is 5.02. The van der Waals surface area contributed by atoms with Gasteiger partial charge in [0.2, 0.25) is 0 Å². The molecule has 2 nitrogen and oxygen atoms in total. The minimum Gasteiger partial charge on any atom is -0.298 e. The monoisotopic (exact) mass is 478 g/mol.